The molecule has 2 heterocycles. The second kappa shape index (κ2) is 8.46. The molecule has 5 rings (SSSR count). The summed E-state index contributed by atoms with van der Waals surface area (Å²) in [6.45, 7) is 0.928. The van der Waals surface area contributed by atoms with Gasteiger partial charge in [0.1, 0.15) is 17.3 Å². The fourth-order valence-corrected chi connectivity index (χ4v) is 4.48. The van der Waals surface area contributed by atoms with Gasteiger partial charge in [0.05, 0.1) is 12.0 Å². The van der Waals surface area contributed by atoms with Crippen molar-refractivity contribution in [3.05, 3.63) is 95.3 Å². The van der Waals surface area contributed by atoms with Crippen LogP contribution < -0.4 is 10.1 Å². The van der Waals surface area contributed by atoms with Gasteiger partial charge in [-0.25, -0.2) is 4.39 Å². The van der Waals surface area contributed by atoms with E-state index in [1.807, 2.05) is 48.5 Å². The van der Waals surface area contributed by atoms with Crippen molar-refractivity contribution in [1.82, 2.24) is 10.2 Å². The van der Waals surface area contributed by atoms with Gasteiger partial charge >= 0.3 is 0 Å². The molecule has 1 fully saturated rings. The number of piperidine rings is 1. The van der Waals surface area contributed by atoms with E-state index in [0.29, 0.717) is 25.1 Å². The molecule has 0 radical (unpaired) electrons. The predicted molar refractivity (Wildman–Crippen MR) is 118 cm³/mol. The quantitative estimate of drug-likeness (QED) is 0.656. The third-order valence-electron chi connectivity index (χ3n) is 6.14. The van der Waals surface area contributed by atoms with Gasteiger partial charge in [-0.1, -0.05) is 36.4 Å². The molecule has 0 saturated carbocycles. The lowest BCUT2D eigenvalue weighted by atomic mass is 9.92. The standard InChI is InChI=1S/C26H23FN2O3/c27-19-13-11-17(12-14-19)26(31)29-15-5-6-18(16-29)25(30)28-24-20-7-1-3-9-22(20)32-23-10-4-2-8-21(23)24/h1-4,7-14,18,24H,5-6,15-16H2,(H,28,30). The summed E-state index contributed by atoms with van der Waals surface area (Å²) in [5, 5.41) is 3.20. The summed E-state index contributed by atoms with van der Waals surface area (Å²) in [5.41, 5.74) is 2.25. The summed E-state index contributed by atoms with van der Waals surface area (Å²) < 4.78 is 19.2. The van der Waals surface area contributed by atoms with Gasteiger partial charge in [0.25, 0.3) is 5.91 Å². The average molecular weight is 430 g/mol. The highest BCUT2D eigenvalue weighted by Crippen LogP contribution is 2.42. The van der Waals surface area contributed by atoms with Crippen LogP contribution >= 0.6 is 0 Å². The van der Waals surface area contributed by atoms with Gasteiger partial charge in [-0.15, -0.1) is 0 Å². The molecule has 1 N–H and O–H groups in total. The van der Waals surface area contributed by atoms with Crippen molar-refractivity contribution in [2.45, 2.75) is 18.9 Å². The molecule has 2 aliphatic rings. The van der Waals surface area contributed by atoms with Crippen LogP contribution in [-0.2, 0) is 4.79 Å². The van der Waals surface area contributed by atoms with Crippen LogP contribution in [0.5, 0.6) is 11.5 Å². The van der Waals surface area contributed by atoms with E-state index in [0.717, 1.165) is 29.0 Å². The second-order valence-electron chi connectivity index (χ2n) is 8.22. The van der Waals surface area contributed by atoms with E-state index in [4.69, 9.17) is 4.74 Å². The molecule has 1 unspecified atom stereocenters. The smallest absolute Gasteiger partial charge is 0.253 e. The first-order valence-corrected chi connectivity index (χ1v) is 10.8. The number of carbonyl (C=O) groups is 2. The second-order valence-corrected chi connectivity index (χ2v) is 8.22. The van der Waals surface area contributed by atoms with Crippen LogP contribution in [0.3, 0.4) is 0 Å². The highest BCUT2D eigenvalue weighted by atomic mass is 19.1. The summed E-state index contributed by atoms with van der Waals surface area (Å²) in [6, 6.07) is 20.6. The lowest BCUT2D eigenvalue weighted by Gasteiger charge is -2.34. The first kappa shape index (κ1) is 20.2. The van der Waals surface area contributed by atoms with Gasteiger partial charge in [-0.05, 0) is 49.2 Å². The number of likely N-dealkylation sites (tertiary alicyclic amines) is 1. The molecule has 0 bridgehead atoms. The number of fused-ring (bicyclic) bond motifs is 2. The number of carbonyl (C=O) groups excluding carboxylic acids is 2. The monoisotopic (exact) mass is 430 g/mol. The number of nitrogens with one attached hydrogen (secondary N) is 1. The number of ether oxygens (including phenoxy) is 1. The molecule has 0 aliphatic carbocycles. The van der Waals surface area contributed by atoms with Crippen molar-refractivity contribution in [1.29, 1.82) is 0 Å². The van der Waals surface area contributed by atoms with Crippen LogP contribution in [0, 0.1) is 11.7 Å². The van der Waals surface area contributed by atoms with Crippen LogP contribution in [0.2, 0.25) is 0 Å². The van der Waals surface area contributed by atoms with Gasteiger partial charge in [-0.3, -0.25) is 9.59 Å². The Bertz CT molecular complexity index is 1120. The SMILES string of the molecule is O=C(NC1c2ccccc2Oc2ccccc21)C1CCCN(C(=O)c2ccc(F)cc2)C1. The molecular formula is C26H23FN2O3. The molecule has 3 aromatic carbocycles. The molecular weight excluding hydrogens is 407 g/mol. The Kier molecular flexibility index (Phi) is 5.35. The number of benzene rings is 3. The van der Waals surface area contributed by atoms with Gasteiger partial charge in [0.15, 0.2) is 0 Å². The minimum atomic E-state index is -0.380. The number of rotatable bonds is 3. The van der Waals surface area contributed by atoms with Crippen LogP contribution in [0.15, 0.2) is 72.8 Å². The minimum absolute atomic E-state index is 0.0851. The third kappa shape index (κ3) is 3.84. The summed E-state index contributed by atoms with van der Waals surface area (Å²) in [4.78, 5) is 27.8. The van der Waals surface area contributed by atoms with Gasteiger partial charge < -0.3 is 15.0 Å². The van der Waals surface area contributed by atoms with Gasteiger partial charge in [0, 0.05) is 29.8 Å². The van der Waals surface area contributed by atoms with Crippen LogP contribution in [-0.4, -0.2) is 29.8 Å². The van der Waals surface area contributed by atoms with E-state index >= 15 is 0 Å². The zero-order valence-electron chi connectivity index (χ0n) is 17.5. The topological polar surface area (TPSA) is 58.6 Å². The Morgan fingerprint density at radius 3 is 2.19 bits per heavy atom. The molecule has 0 aromatic heterocycles. The molecule has 1 saturated heterocycles. The van der Waals surface area contributed by atoms with E-state index in [-0.39, 0.29) is 29.6 Å². The van der Waals surface area contributed by atoms with E-state index < -0.39 is 0 Å². The van der Waals surface area contributed by atoms with Crippen molar-refractivity contribution >= 4 is 11.8 Å². The van der Waals surface area contributed by atoms with Crippen LogP contribution in [0.25, 0.3) is 0 Å². The Morgan fingerprint density at radius 1 is 0.906 bits per heavy atom. The van der Waals surface area contributed by atoms with Crippen molar-refractivity contribution < 1.29 is 18.7 Å². The maximum Gasteiger partial charge on any atom is 0.253 e. The largest absolute Gasteiger partial charge is 0.457 e. The summed E-state index contributed by atoms with van der Waals surface area (Å²) >= 11 is 0. The molecule has 2 aliphatic heterocycles. The molecule has 0 spiro atoms. The fourth-order valence-electron chi connectivity index (χ4n) is 4.48. The van der Waals surface area contributed by atoms with Crippen molar-refractivity contribution in [3.8, 4) is 11.5 Å². The van der Waals surface area contributed by atoms with Crippen molar-refractivity contribution in [2.24, 2.45) is 5.92 Å². The first-order chi connectivity index (χ1) is 15.6. The molecule has 32 heavy (non-hydrogen) atoms. The Labute approximate surface area is 185 Å². The summed E-state index contributed by atoms with van der Waals surface area (Å²) in [7, 11) is 0. The van der Waals surface area contributed by atoms with Gasteiger partial charge in [-0.2, -0.15) is 0 Å². The molecule has 1 atom stereocenters. The number of hydrogen-bond acceptors (Lipinski definition) is 3. The molecule has 3 aromatic rings. The lowest BCUT2D eigenvalue weighted by Crippen LogP contribution is -2.46. The highest BCUT2D eigenvalue weighted by molar-refractivity contribution is 5.94. The number of hydrogen-bond donors (Lipinski definition) is 1. The molecule has 5 nitrogen and oxygen atoms in total. The number of halogens is 1. The number of para-hydroxylation sites is 2. The lowest BCUT2D eigenvalue weighted by molar-refractivity contribution is -0.126. The first-order valence-electron chi connectivity index (χ1n) is 10.8. The van der Waals surface area contributed by atoms with Crippen molar-refractivity contribution in [3.63, 3.8) is 0 Å². The van der Waals surface area contributed by atoms with E-state index in [9.17, 15) is 14.0 Å². The minimum Gasteiger partial charge on any atom is -0.457 e. The van der Waals surface area contributed by atoms with Gasteiger partial charge in [0.2, 0.25) is 5.91 Å². The van der Waals surface area contributed by atoms with E-state index in [1.165, 1.54) is 24.3 Å². The Morgan fingerprint density at radius 2 is 1.53 bits per heavy atom. The highest BCUT2D eigenvalue weighted by Gasteiger charge is 2.33. The Balaban J connectivity index is 1.34. The van der Waals surface area contributed by atoms with E-state index in [2.05, 4.69) is 5.32 Å². The zero-order valence-corrected chi connectivity index (χ0v) is 17.5. The van der Waals surface area contributed by atoms with Crippen LogP contribution in [0.1, 0.15) is 40.4 Å². The molecule has 162 valence electrons. The zero-order chi connectivity index (χ0) is 22.1. The maximum absolute atomic E-state index is 13.3. The van der Waals surface area contributed by atoms with E-state index in [1.54, 1.807) is 4.90 Å². The summed E-state index contributed by atoms with van der Waals surface area (Å²) in [6.07, 6.45) is 1.46. The van der Waals surface area contributed by atoms with Crippen LogP contribution in [0.4, 0.5) is 4.39 Å². The Hall–Kier alpha value is -3.67. The maximum atomic E-state index is 13.3. The molecule has 2 amide bonds. The number of amides is 2. The summed E-state index contributed by atoms with van der Waals surface area (Å²) in [5.74, 6) is 0.508. The predicted octanol–water partition coefficient (Wildman–Crippen LogP) is 4.69. The third-order valence-corrected chi connectivity index (χ3v) is 6.14. The number of nitrogens with zero attached hydrogens (tertiary/aromatic N) is 1. The normalized spacial score (nSPS) is 17.7. The fraction of sp³-hybridized carbons (Fsp3) is 0.231. The average Bonchev–Trinajstić information content (AvgIpc) is 2.84. The van der Waals surface area contributed by atoms with Crippen molar-refractivity contribution in [2.75, 3.05) is 13.1 Å². The molecule has 6 heteroatoms.